The fourth-order valence-electron chi connectivity index (χ4n) is 11.1. The van der Waals surface area contributed by atoms with Gasteiger partial charge in [-0.3, -0.25) is 24.0 Å². The first kappa shape index (κ1) is 57.3. The Balaban J connectivity index is 1.19. The Morgan fingerprint density at radius 1 is 0.919 bits per heavy atom. The summed E-state index contributed by atoms with van der Waals surface area (Å²) in [5, 5.41) is 55.2. The SMILES string of the molecule is CCCCCC1(CCCCC)O[C@@H]2[C@H]3ON(Cc4cccc(C=CCO[C@H]5O[C@H](CO)[C@H](O)[C@H](O)[C@H]5O)c4)[C@H]4C(=O)OC(CC34C(=O)N(C)[C@H](Cc3ccccc3)C(=O)N[C@H](CO)CCC(=O)OC(C)(C)C)[C@@H]2O1. The highest BCUT2D eigenvalue weighted by Crippen LogP contribution is 2.58. The summed E-state index contributed by atoms with van der Waals surface area (Å²) in [6.07, 6.45) is -0.192. The number of aliphatic hydroxyl groups is 5. The first-order chi connectivity index (χ1) is 35.4. The van der Waals surface area contributed by atoms with Crippen LogP contribution in [0.4, 0.5) is 0 Å². The van der Waals surface area contributed by atoms with E-state index in [1.165, 1.54) is 9.96 Å². The third-order valence-electron chi connectivity index (χ3n) is 14.8. The number of aliphatic hydroxyl groups excluding tert-OH is 5. The molecule has 4 saturated heterocycles. The number of fused-ring (bicyclic) bond motifs is 4. The molecular weight excluding hydrogens is 959 g/mol. The van der Waals surface area contributed by atoms with Gasteiger partial charge in [-0.1, -0.05) is 106 Å². The molecule has 2 amide bonds. The van der Waals surface area contributed by atoms with Gasteiger partial charge in [0.1, 0.15) is 65.9 Å². The van der Waals surface area contributed by atoms with E-state index in [4.69, 9.17) is 33.3 Å². The number of hydrogen-bond acceptors (Lipinski definition) is 17. The highest BCUT2D eigenvalue weighted by Gasteiger charge is 2.77. The van der Waals surface area contributed by atoms with E-state index in [9.17, 15) is 39.9 Å². The number of carbonyl (C=O) groups is 4. The van der Waals surface area contributed by atoms with Crippen LogP contribution in [0.1, 0.15) is 122 Å². The quantitative estimate of drug-likeness (QED) is 0.0614. The lowest BCUT2D eigenvalue weighted by Gasteiger charge is -2.50. The van der Waals surface area contributed by atoms with Gasteiger partial charge in [0.2, 0.25) is 11.8 Å². The molecule has 0 spiro atoms. The lowest BCUT2D eigenvalue weighted by molar-refractivity contribution is -0.298. The number of likely N-dealkylation sites (N-methyl/N-ethyl adjacent to an activating group) is 1. The van der Waals surface area contributed by atoms with Gasteiger partial charge in [0.25, 0.3) is 0 Å². The molecule has 2 bridgehead atoms. The summed E-state index contributed by atoms with van der Waals surface area (Å²) < 4.78 is 37.0. The smallest absolute Gasteiger partial charge is 0.327 e. The van der Waals surface area contributed by atoms with Crippen LogP contribution < -0.4 is 5.32 Å². The fraction of sp³-hybridized carbons (Fsp3) is 0.673. The van der Waals surface area contributed by atoms with Gasteiger partial charge in [0.05, 0.1) is 32.4 Å². The third kappa shape index (κ3) is 13.1. The highest BCUT2D eigenvalue weighted by molar-refractivity contribution is 5.96. The van der Waals surface area contributed by atoms with E-state index in [0.717, 1.165) is 49.7 Å². The second-order valence-corrected chi connectivity index (χ2v) is 21.5. The molecule has 1 saturated carbocycles. The van der Waals surface area contributed by atoms with E-state index in [2.05, 4.69) is 19.2 Å². The average Bonchev–Trinajstić information content (AvgIpc) is 3.93. The molecule has 19 heteroatoms. The average molecular weight is 1040 g/mol. The van der Waals surface area contributed by atoms with Crippen molar-refractivity contribution in [1.82, 2.24) is 15.3 Å². The van der Waals surface area contributed by atoms with Crippen LogP contribution in [0.25, 0.3) is 6.08 Å². The molecule has 5 aliphatic rings. The molecule has 0 aromatic heterocycles. The number of unbranched alkanes of at least 4 members (excludes halogenated alkanes) is 4. The van der Waals surface area contributed by atoms with Crippen LogP contribution in [-0.4, -0.2) is 171 Å². The van der Waals surface area contributed by atoms with E-state index < -0.39 is 127 Å². The first-order valence-corrected chi connectivity index (χ1v) is 26.5. The number of rotatable bonds is 25. The van der Waals surface area contributed by atoms with Crippen molar-refractivity contribution in [1.29, 1.82) is 0 Å². The van der Waals surface area contributed by atoms with Crippen LogP contribution in [0, 0.1) is 5.41 Å². The monoisotopic (exact) mass is 1040 g/mol. The highest BCUT2D eigenvalue weighted by atomic mass is 16.8. The van der Waals surface area contributed by atoms with E-state index in [1.54, 1.807) is 40.0 Å². The minimum Gasteiger partial charge on any atom is -0.460 e. The molecule has 4 heterocycles. The molecule has 1 aliphatic carbocycles. The van der Waals surface area contributed by atoms with Gasteiger partial charge < -0.3 is 64.2 Å². The maximum Gasteiger partial charge on any atom is 0.327 e. The van der Waals surface area contributed by atoms with Crippen molar-refractivity contribution in [3.63, 3.8) is 0 Å². The molecule has 13 atom stereocenters. The van der Waals surface area contributed by atoms with Crippen LogP contribution in [0.2, 0.25) is 0 Å². The summed E-state index contributed by atoms with van der Waals surface area (Å²) in [6.45, 7) is 8.44. The van der Waals surface area contributed by atoms with Gasteiger partial charge in [-0.2, -0.15) is 5.06 Å². The maximum absolute atomic E-state index is 16.0. The number of ether oxygens (including phenoxy) is 6. The van der Waals surface area contributed by atoms with Crippen molar-refractivity contribution < 1.29 is 78.0 Å². The van der Waals surface area contributed by atoms with Crippen molar-refractivity contribution >= 4 is 29.8 Å². The molecule has 2 unspecified atom stereocenters. The largest absolute Gasteiger partial charge is 0.460 e. The summed E-state index contributed by atoms with van der Waals surface area (Å²) in [5.74, 6) is -3.24. The Morgan fingerprint density at radius 2 is 1.61 bits per heavy atom. The molecule has 0 radical (unpaired) electrons. The van der Waals surface area contributed by atoms with Gasteiger partial charge in [0.15, 0.2) is 18.1 Å². The van der Waals surface area contributed by atoms with E-state index in [-0.39, 0.29) is 38.8 Å². The summed E-state index contributed by atoms with van der Waals surface area (Å²) in [4.78, 5) is 66.5. The van der Waals surface area contributed by atoms with Crippen LogP contribution >= 0.6 is 0 Å². The number of esters is 2. The van der Waals surface area contributed by atoms with Gasteiger partial charge in [0, 0.05) is 39.2 Å². The Kier molecular flexibility index (Phi) is 19.5. The number of benzene rings is 2. The number of nitrogens with zero attached hydrogens (tertiary/aromatic N) is 2. The molecule has 6 N–H and O–H groups in total. The Labute approximate surface area is 434 Å². The van der Waals surface area contributed by atoms with Crippen LogP contribution in [0.3, 0.4) is 0 Å². The van der Waals surface area contributed by atoms with Gasteiger partial charge in [-0.05, 0) is 56.7 Å². The second-order valence-electron chi connectivity index (χ2n) is 21.5. The molecule has 5 fully saturated rings. The van der Waals surface area contributed by atoms with E-state index in [1.807, 2.05) is 54.6 Å². The lowest BCUT2D eigenvalue weighted by Crippen LogP contribution is -2.70. The zero-order valence-corrected chi connectivity index (χ0v) is 43.7. The molecule has 7 rings (SSSR count). The lowest BCUT2D eigenvalue weighted by atomic mass is 9.62. The van der Waals surface area contributed by atoms with Gasteiger partial charge in [-0.15, -0.1) is 0 Å². The van der Waals surface area contributed by atoms with Crippen molar-refractivity contribution in [2.24, 2.45) is 5.41 Å². The Bertz CT molecular complexity index is 2210. The van der Waals surface area contributed by atoms with Gasteiger partial charge in [-0.25, -0.2) is 0 Å². The normalized spacial score (nSPS) is 30.1. The van der Waals surface area contributed by atoms with Crippen molar-refractivity contribution in [3.05, 3.63) is 77.4 Å². The number of amides is 2. The predicted molar refractivity (Wildman–Crippen MR) is 268 cm³/mol. The predicted octanol–water partition coefficient (Wildman–Crippen LogP) is 3.63. The fourth-order valence-corrected chi connectivity index (χ4v) is 11.1. The van der Waals surface area contributed by atoms with Crippen LogP contribution in [0.5, 0.6) is 0 Å². The first-order valence-electron chi connectivity index (χ1n) is 26.5. The van der Waals surface area contributed by atoms with Crippen molar-refractivity contribution in [2.45, 2.75) is 203 Å². The van der Waals surface area contributed by atoms with Crippen LogP contribution in [-0.2, 0) is 65.4 Å². The third-order valence-corrected chi connectivity index (χ3v) is 14.8. The number of hydroxylamine groups is 2. The summed E-state index contributed by atoms with van der Waals surface area (Å²) in [5.41, 5.74) is -0.140. The number of nitrogens with one attached hydrogen (secondary N) is 1. The molecule has 74 heavy (non-hydrogen) atoms. The summed E-state index contributed by atoms with van der Waals surface area (Å²) in [7, 11) is 1.55. The Morgan fingerprint density at radius 3 is 2.27 bits per heavy atom. The standard InChI is InChI=1S/C55H79N3O16/c1-7-9-14-25-54(26-15-10-8-2)72-45-39-30-55(52(67)57(6)38(29-35-18-12-11-13-19-35)49(65)56-37(32-59)23-24-41(61)71-53(3,4)5)47(50(66)69-39)58(74-48(55)46(45)73-54)31-36-21-16-20-34(28-36)22-17-27-68-51-44(64)43(63)42(62)40(33-60)70-51/h11-13,16-22,28,37-40,42-48,51,59-60,62-64H,7-10,14-15,23-27,29-33H2,1-6H3,(H,56,65)/t37-,38+,39?,40+,42-,43-,44+,45-,46-,47-,48+,51-,55?/m0/s1. The van der Waals surface area contributed by atoms with Gasteiger partial charge >= 0.3 is 11.9 Å². The zero-order valence-electron chi connectivity index (χ0n) is 43.7. The summed E-state index contributed by atoms with van der Waals surface area (Å²) >= 11 is 0. The van der Waals surface area contributed by atoms with Crippen molar-refractivity contribution in [2.75, 3.05) is 26.9 Å². The topological polar surface area (TPSA) is 253 Å². The number of hydrogen-bond donors (Lipinski definition) is 6. The minimum absolute atomic E-state index is 0.0306. The molecule has 19 nitrogen and oxygen atoms in total. The second kappa shape index (κ2) is 25.2. The number of carbonyl (C=O) groups excluding carboxylic acids is 4. The van der Waals surface area contributed by atoms with E-state index in [0.29, 0.717) is 18.4 Å². The molecule has 4 aliphatic heterocycles. The Hall–Kier alpha value is -4.38. The molecule has 2 aromatic carbocycles. The van der Waals surface area contributed by atoms with Crippen molar-refractivity contribution in [3.8, 4) is 0 Å². The van der Waals surface area contributed by atoms with Crippen LogP contribution in [0.15, 0.2) is 60.7 Å². The van der Waals surface area contributed by atoms with E-state index >= 15 is 4.79 Å². The summed E-state index contributed by atoms with van der Waals surface area (Å²) in [6, 6.07) is 13.4. The zero-order chi connectivity index (χ0) is 53.4. The molecule has 2 aromatic rings. The maximum atomic E-state index is 16.0. The molecule has 410 valence electrons. The minimum atomic E-state index is -1.62. The molecular formula is C55H79N3O16.